The lowest BCUT2D eigenvalue weighted by Crippen LogP contribution is -2.41. The Morgan fingerprint density at radius 1 is 1.39 bits per heavy atom. The second-order valence-electron chi connectivity index (χ2n) is 4.80. The van der Waals surface area contributed by atoms with Crippen LogP contribution < -0.4 is 0 Å². The topological polar surface area (TPSA) is 60.8 Å². The van der Waals surface area contributed by atoms with Gasteiger partial charge in [-0.05, 0) is 18.2 Å². The van der Waals surface area contributed by atoms with Crippen LogP contribution in [0.1, 0.15) is 17.3 Å². The maximum atomic E-state index is 12.1. The molecule has 1 amide bonds. The van der Waals surface area contributed by atoms with E-state index in [1.165, 1.54) is 4.90 Å². The number of aliphatic hydroxyl groups is 2. The maximum absolute atomic E-state index is 12.1. The maximum Gasteiger partial charge on any atom is 0.253 e. The van der Waals surface area contributed by atoms with E-state index in [2.05, 4.69) is 15.9 Å². The molecule has 100 valence electrons. The van der Waals surface area contributed by atoms with E-state index in [9.17, 15) is 15.0 Å². The quantitative estimate of drug-likeness (QED) is 0.866. The molecule has 0 saturated heterocycles. The van der Waals surface area contributed by atoms with Crippen LogP contribution in [-0.4, -0.2) is 47.8 Å². The number of carbonyl (C=O) groups excluding carboxylic acids is 1. The smallest absolute Gasteiger partial charge is 0.253 e. The minimum absolute atomic E-state index is 0.135. The predicted molar refractivity (Wildman–Crippen MR) is 73.4 cm³/mol. The first-order valence-electron chi connectivity index (χ1n) is 5.64. The summed E-state index contributed by atoms with van der Waals surface area (Å²) >= 11 is 3.32. The van der Waals surface area contributed by atoms with Gasteiger partial charge in [0.15, 0.2) is 0 Å². The Morgan fingerprint density at radius 3 is 2.50 bits per heavy atom. The van der Waals surface area contributed by atoms with Crippen LogP contribution >= 0.6 is 15.9 Å². The van der Waals surface area contributed by atoms with Gasteiger partial charge in [-0.3, -0.25) is 4.79 Å². The summed E-state index contributed by atoms with van der Waals surface area (Å²) < 4.78 is 0.842. The molecule has 0 spiro atoms. The third-order valence-electron chi connectivity index (χ3n) is 2.80. The average molecular weight is 316 g/mol. The summed E-state index contributed by atoms with van der Waals surface area (Å²) in [5.74, 6) is -0.135. The van der Waals surface area contributed by atoms with Gasteiger partial charge in [0, 0.05) is 29.0 Å². The van der Waals surface area contributed by atoms with Crippen molar-refractivity contribution in [2.45, 2.75) is 6.92 Å². The summed E-state index contributed by atoms with van der Waals surface area (Å²) in [5, 5.41) is 18.5. The summed E-state index contributed by atoms with van der Waals surface area (Å²) in [6.45, 7) is 1.70. The number of rotatable bonds is 5. The van der Waals surface area contributed by atoms with Crippen LogP contribution in [0.5, 0.6) is 0 Å². The molecule has 18 heavy (non-hydrogen) atoms. The van der Waals surface area contributed by atoms with E-state index in [0.29, 0.717) is 12.1 Å². The lowest BCUT2D eigenvalue weighted by molar-refractivity contribution is 0.0366. The fraction of sp³-hybridized carbons (Fsp3) is 0.462. The SMILES string of the molecule is CN(CC(C)(CO)CO)C(=O)c1cccc(Br)c1. The molecular weight excluding hydrogens is 298 g/mol. The number of carbonyl (C=O) groups is 1. The molecule has 0 bridgehead atoms. The molecule has 0 atom stereocenters. The molecule has 1 rings (SSSR count). The van der Waals surface area contributed by atoms with Crippen molar-refractivity contribution in [2.24, 2.45) is 5.41 Å². The van der Waals surface area contributed by atoms with Crippen LogP contribution in [0.15, 0.2) is 28.7 Å². The van der Waals surface area contributed by atoms with Crippen molar-refractivity contribution in [1.82, 2.24) is 4.90 Å². The van der Waals surface area contributed by atoms with Crippen molar-refractivity contribution in [1.29, 1.82) is 0 Å². The Kier molecular flexibility index (Phi) is 5.31. The minimum atomic E-state index is -0.684. The number of halogens is 1. The summed E-state index contributed by atoms with van der Waals surface area (Å²) in [6, 6.07) is 7.12. The van der Waals surface area contributed by atoms with Gasteiger partial charge in [-0.1, -0.05) is 28.9 Å². The largest absolute Gasteiger partial charge is 0.396 e. The number of amides is 1. The Morgan fingerprint density at radius 2 is 2.00 bits per heavy atom. The van der Waals surface area contributed by atoms with Crippen molar-refractivity contribution < 1.29 is 15.0 Å². The molecule has 4 nitrogen and oxygen atoms in total. The van der Waals surface area contributed by atoms with Gasteiger partial charge in [-0.15, -0.1) is 0 Å². The van der Waals surface area contributed by atoms with Crippen LogP contribution in [0.2, 0.25) is 0 Å². The van der Waals surface area contributed by atoms with E-state index in [1.807, 2.05) is 6.07 Å². The number of hydrogen-bond donors (Lipinski definition) is 2. The fourth-order valence-corrected chi connectivity index (χ4v) is 2.04. The van der Waals surface area contributed by atoms with Gasteiger partial charge >= 0.3 is 0 Å². The van der Waals surface area contributed by atoms with Gasteiger partial charge in [-0.2, -0.15) is 0 Å². The van der Waals surface area contributed by atoms with Gasteiger partial charge in [-0.25, -0.2) is 0 Å². The zero-order chi connectivity index (χ0) is 13.8. The number of aliphatic hydroxyl groups excluding tert-OH is 2. The van der Waals surface area contributed by atoms with E-state index < -0.39 is 5.41 Å². The molecule has 2 N–H and O–H groups in total. The molecule has 0 saturated carbocycles. The number of hydrogen-bond acceptors (Lipinski definition) is 3. The monoisotopic (exact) mass is 315 g/mol. The Hall–Kier alpha value is -0.910. The second kappa shape index (κ2) is 6.31. The summed E-state index contributed by atoms with van der Waals surface area (Å²) in [6.07, 6.45) is 0. The highest BCUT2D eigenvalue weighted by Gasteiger charge is 2.26. The predicted octanol–water partition coefficient (Wildman–Crippen LogP) is 1.51. The molecule has 5 heteroatoms. The summed E-state index contributed by atoms with van der Waals surface area (Å²) in [4.78, 5) is 13.7. The standard InChI is InChI=1S/C13H18BrNO3/c1-13(8-16,9-17)7-15(2)12(18)10-4-3-5-11(14)6-10/h3-6,16-17H,7-9H2,1-2H3. The third kappa shape index (κ3) is 3.80. The molecule has 1 aromatic rings. The van der Waals surface area contributed by atoms with E-state index in [4.69, 9.17) is 0 Å². The normalized spacial score (nSPS) is 11.4. The lowest BCUT2D eigenvalue weighted by Gasteiger charge is -2.30. The number of nitrogens with zero attached hydrogens (tertiary/aromatic N) is 1. The highest BCUT2D eigenvalue weighted by molar-refractivity contribution is 9.10. The zero-order valence-electron chi connectivity index (χ0n) is 10.6. The van der Waals surface area contributed by atoms with Crippen molar-refractivity contribution in [3.63, 3.8) is 0 Å². The van der Waals surface area contributed by atoms with E-state index in [-0.39, 0.29) is 19.1 Å². The molecule has 0 unspecified atom stereocenters. The Bertz CT molecular complexity index is 418. The molecule has 0 aliphatic rings. The average Bonchev–Trinajstić information content (AvgIpc) is 2.37. The third-order valence-corrected chi connectivity index (χ3v) is 3.29. The van der Waals surface area contributed by atoms with Crippen LogP contribution in [0.4, 0.5) is 0 Å². The van der Waals surface area contributed by atoms with Crippen molar-refractivity contribution >= 4 is 21.8 Å². The molecule has 0 radical (unpaired) electrons. The van der Waals surface area contributed by atoms with Crippen molar-refractivity contribution in [3.05, 3.63) is 34.3 Å². The first-order chi connectivity index (χ1) is 8.41. The Labute approximate surface area is 115 Å². The fourth-order valence-electron chi connectivity index (χ4n) is 1.64. The van der Waals surface area contributed by atoms with E-state index in [0.717, 1.165) is 4.47 Å². The highest BCUT2D eigenvalue weighted by Crippen LogP contribution is 2.18. The van der Waals surface area contributed by atoms with Gasteiger partial charge in [0.05, 0.1) is 13.2 Å². The van der Waals surface area contributed by atoms with E-state index >= 15 is 0 Å². The molecule has 0 heterocycles. The van der Waals surface area contributed by atoms with Gasteiger partial charge in [0.1, 0.15) is 0 Å². The molecule has 0 aliphatic heterocycles. The summed E-state index contributed by atoms with van der Waals surface area (Å²) in [7, 11) is 1.66. The first kappa shape index (κ1) is 15.1. The van der Waals surface area contributed by atoms with Gasteiger partial charge in [0.25, 0.3) is 5.91 Å². The molecule has 1 aromatic carbocycles. The highest BCUT2D eigenvalue weighted by atomic mass is 79.9. The molecule has 0 fully saturated rings. The van der Waals surface area contributed by atoms with Crippen LogP contribution in [0.25, 0.3) is 0 Å². The van der Waals surface area contributed by atoms with Crippen LogP contribution in [-0.2, 0) is 0 Å². The van der Waals surface area contributed by atoms with Crippen molar-refractivity contribution in [2.75, 3.05) is 26.8 Å². The summed E-state index contributed by atoms with van der Waals surface area (Å²) in [5.41, 5.74) is -0.110. The van der Waals surface area contributed by atoms with Gasteiger partial charge in [0.2, 0.25) is 0 Å². The second-order valence-corrected chi connectivity index (χ2v) is 5.71. The minimum Gasteiger partial charge on any atom is -0.396 e. The lowest BCUT2D eigenvalue weighted by atomic mass is 9.92. The zero-order valence-corrected chi connectivity index (χ0v) is 12.1. The van der Waals surface area contributed by atoms with Crippen molar-refractivity contribution in [3.8, 4) is 0 Å². The van der Waals surface area contributed by atoms with Crippen LogP contribution in [0.3, 0.4) is 0 Å². The molecular formula is C13H18BrNO3. The van der Waals surface area contributed by atoms with E-state index in [1.54, 1.807) is 32.2 Å². The molecule has 0 aliphatic carbocycles. The molecule has 0 aromatic heterocycles. The number of benzene rings is 1. The van der Waals surface area contributed by atoms with Gasteiger partial charge < -0.3 is 15.1 Å². The first-order valence-corrected chi connectivity index (χ1v) is 6.44. The van der Waals surface area contributed by atoms with Crippen LogP contribution in [0, 0.1) is 5.41 Å². The Balaban J connectivity index is 2.79.